The molecule has 1 N–H and O–H groups in total. The van der Waals surface area contributed by atoms with Crippen LogP contribution < -0.4 is 0 Å². The van der Waals surface area contributed by atoms with E-state index in [0.717, 1.165) is 12.8 Å². The minimum Gasteiger partial charge on any atom is -0.480 e. The van der Waals surface area contributed by atoms with Crippen LogP contribution in [0.5, 0.6) is 0 Å². The number of nitrogens with zero attached hydrogens (tertiary/aromatic N) is 2. The Labute approximate surface area is 120 Å². The van der Waals surface area contributed by atoms with E-state index >= 15 is 0 Å². The predicted molar refractivity (Wildman–Crippen MR) is 71.7 cm³/mol. The fraction of sp³-hybridized carbons (Fsp3) is 0.500. The quantitative estimate of drug-likeness (QED) is 0.912. The maximum atomic E-state index is 12.4. The Bertz CT molecular complexity index is 527. The van der Waals surface area contributed by atoms with Crippen molar-refractivity contribution in [2.24, 2.45) is 7.05 Å². The normalized spacial score (nSPS) is 19.5. The molecular weight excluding hydrogens is 291 g/mol. The Hall–Kier alpha value is -1.20. The first-order valence-electron chi connectivity index (χ1n) is 5.98. The summed E-state index contributed by atoms with van der Waals surface area (Å²) < 4.78 is 1.47. The SMILES string of the molecule is Cn1c(C(=O)N2CCCCC2C(=O)O)cc(Cl)c1Cl. The summed E-state index contributed by atoms with van der Waals surface area (Å²) in [6.07, 6.45) is 2.10. The van der Waals surface area contributed by atoms with Crippen LogP contribution in [0.1, 0.15) is 29.8 Å². The summed E-state index contributed by atoms with van der Waals surface area (Å²) >= 11 is 11.8. The zero-order valence-corrected chi connectivity index (χ0v) is 11.9. The Morgan fingerprint density at radius 2 is 2.05 bits per heavy atom. The molecule has 19 heavy (non-hydrogen) atoms. The number of likely N-dealkylation sites (tertiary alicyclic amines) is 1. The van der Waals surface area contributed by atoms with Gasteiger partial charge in [-0.05, 0) is 25.3 Å². The van der Waals surface area contributed by atoms with Crippen LogP contribution in [-0.2, 0) is 11.8 Å². The van der Waals surface area contributed by atoms with Gasteiger partial charge in [-0.3, -0.25) is 4.79 Å². The first kappa shape index (κ1) is 14.2. The molecule has 1 aliphatic heterocycles. The lowest BCUT2D eigenvalue weighted by molar-refractivity contribution is -0.143. The lowest BCUT2D eigenvalue weighted by Crippen LogP contribution is -2.48. The molecule has 0 bridgehead atoms. The fourth-order valence-electron chi connectivity index (χ4n) is 2.33. The van der Waals surface area contributed by atoms with Gasteiger partial charge < -0.3 is 14.6 Å². The van der Waals surface area contributed by atoms with Crippen molar-refractivity contribution in [2.45, 2.75) is 25.3 Å². The molecule has 1 aromatic rings. The van der Waals surface area contributed by atoms with E-state index in [4.69, 9.17) is 23.2 Å². The van der Waals surface area contributed by atoms with E-state index in [9.17, 15) is 14.7 Å². The second kappa shape index (κ2) is 5.43. The van der Waals surface area contributed by atoms with Gasteiger partial charge in [-0.15, -0.1) is 0 Å². The molecule has 1 amide bonds. The van der Waals surface area contributed by atoms with Gasteiger partial charge in [-0.25, -0.2) is 4.79 Å². The van der Waals surface area contributed by atoms with E-state index in [1.165, 1.54) is 15.5 Å². The number of halogens is 2. The van der Waals surface area contributed by atoms with Crippen molar-refractivity contribution in [3.8, 4) is 0 Å². The number of carbonyl (C=O) groups is 2. The third kappa shape index (κ3) is 2.58. The summed E-state index contributed by atoms with van der Waals surface area (Å²) in [5, 5.41) is 9.74. The number of carbonyl (C=O) groups excluding carboxylic acids is 1. The van der Waals surface area contributed by atoms with Gasteiger partial charge in [0.05, 0.1) is 5.02 Å². The molecule has 0 aromatic carbocycles. The molecule has 1 fully saturated rings. The van der Waals surface area contributed by atoms with Crippen molar-refractivity contribution in [3.05, 3.63) is 21.9 Å². The highest BCUT2D eigenvalue weighted by Crippen LogP contribution is 2.27. The summed E-state index contributed by atoms with van der Waals surface area (Å²) in [7, 11) is 1.63. The average Bonchev–Trinajstić information content (AvgIpc) is 2.65. The van der Waals surface area contributed by atoms with Gasteiger partial charge in [0.25, 0.3) is 5.91 Å². The van der Waals surface area contributed by atoms with E-state index in [1.807, 2.05) is 0 Å². The van der Waals surface area contributed by atoms with Crippen LogP contribution in [0.2, 0.25) is 10.2 Å². The topological polar surface area (TPSA) is 62.5 Å². The molecule has 1 unspecified atom stereocenters. The number of aliphatic carboxylic acids is 1. The highest BCUT2D eigenvalue weighted by molar-refractivity contribution is 6.41. The van der Waals surface area contributed by atoms with Crippen molar-refractivity contribution in [3.63, 3.8) is 0 Å². The number of aromatic nitrogens is 1. The Kier molecular flexibility index (Phi) is 4.06. The molecule has 104 valence electrons. The lowest BCUT2D eigenvalue weighted by atomic mass is 10.0. The summed E-state index contributed by atoms with van der Waals surface area (Å²) in [5.74, 6) is -1.32. The second-order valence-electron chi connectivity index (χ2n) is 4.58. The summed E-state index contributed by atoms with van der Waals surface area (Å²) in [6.45, 7) is 0.441. The minimum absolute atomic E-state index is 0.272. The van der Waals surface area contributed by atoms with E-state index in [0.29, 0.717) is 18.7 Å². The second-order valence-corrected chi connectivity index (χ2v) is 5.34. The van der Waals surface area contributed by atoms with Gasteiger partial charge in [0, 0.05) is 13.6 Å². The van der Waals surface area contributed by atoms with Crippen LogP contribution in [0.25, 0.3) is 0 Å². The first-order chi connectivity index (χ1) is 8.93. The van der Waals surface area contributed by atoms with Crippen LogP contribution >= 0.6 is 23.2 Å². The number of amides is 1. The van der Waals surface area contributed by atoms with Crippen LogP contribution in [0.3, 0.4) is 0 Å². The molecule has 0 spiro atoms. The third-order valence-electron chi connectivity index (χ3n) is 3.38. The van der Waals surface area contributed by atoms with E-state index in [1.54, 1.807) is 7.05 Å². The molecule has 7 heteroatoms. The standard InChI is InChI=1S/C12H14Cl2N2O3/c1-15-9(6-7(13)10(15)14)11(17)16-5-3-2-4-8(16)12(18)19/h6,8H,2-5H2,1H3,(H,18,19). The van der Waals surface area contributed by atoms with Crippen molar-refractivity contribution in [1.29, 1.82) is 0 Å². The average molecular weight is 305 g/mol. The van der Waals surface area contributed by atoms with Crippen LogP contribution in [0.15, 0.2) is 6.07 Å². The summed E-state index contributed by atoms with van der Waals surface area (Å²) in [6, 6.07) is 0.702. The van der Waals surface area contributed by atoms with Crippen molar-refractivity contribution < 1.29 is 14.7 Å². The molecule has 1 aliphatic rings. The molecule has 0 aliphatic carbocycles. The maximum Gasteiger partial charge on any atom is 0.326 e. The molecule has 5 nitrogen and oxygen atoms in total. The van der Waals surface area contributed by atoms with Crippen LogP contribution in [0, 0.1) is 0 Å². The first-order valence-corrected chi connectivity index (χ1v) is 6.73. The molecule has 0 saturated carbocycles. The smallest absolute Gasteiger partial charge is 0.326 e. The van der Waals surface area contributed by atoms with Gasteiger partial charge >= 0.3 is 5.97 Å². The minimum atomic E-state index is -0.973. The number of rotatable bonds is 2. The van der Waals surface area contributed by atoms with Crippen molar-refractivity contribution in [1.82, 2.24) is 9.47 Å². The van der Waals surface area contributed by atoms with Crippen LogP contribution in [0.4, 0.5) is 0 Å². The fourth-order valence-corrected chi connectivity index (χ4v) is 2.70. The lowest BCUT2D eigenvalue weighted by Gasteiger charge is -2.32. The number of hydrogen-bond donors (Lipinski definition) is 1. The Morgan fingerprint density at radius 3 is 2.58 bits per heavy atom. The zero-order valence-electron chi connectivity index (χ0n) is 10.4. The Morgan fingerprint density at radius 1 is 1.37 bits per heavy atom. The number of hydrogen-bond acceptors (Lipinski definition) is 2. The van der Waals surface area contributed by atoms with Gasteiger partial charge in [0.2, 0.25) is 0 Å². The molecule has 1 saturated heterocycles. The molecule has 1 atom stereocenters. The third-order valence-corrected chi connectivity index (χ3v) is 4.23. The van der Waals surface area contributed by atoms with Gasteiger partial charge in [-0.2, -0.15) is 0 Å². The van der Waals surface area contributed by atoms with Gasteiger partial charge in [-0.1, -0.05) is 23.2 Å². The zero-order chi connectivity index (χ0) is 14.2. The van der Waals surface area contributed by atoms with E-state index in [-0.39, 0.29) is 16.1 Å². The van der Waals surface area contributed by atoms with Gasteiger partial charge in [0.1, 0.15) is 16.9 Å². The molecule has 0 radical (unpaired) electrons. The van der Waals surface area contributed by atoms with E-state index < -0.39 is 12.0 Å². The van der Waals surface area contributed by atoms with Crippen molar-refractivity contribution in [2.75, 3.05) is 6.54 Å². The number of carboxylic acid groups (broad SMARTS) is 1. The highest BCUT2D eigenvalue weighted by Gasteiger charge is 2.33. The maximum absolute atomic E-state index is 12.4. The molecule has 1 aromatic heterocycles. The molecule has 2 rings (SSSR count). The van der Waals surface area contributed by atoms with E-state index in [2.05, 4.69) is 0 Å². The Balaban J connectivity index is 2.31. The van der Waals surface area contributed by atoms with Crippen molar-refractivity contribution >= 4 is 35.1 Å². The summed E-state index contributed by atoms with van der Waals surface area (Å²) in [4.78, 5) is 25.0. The number of piperidine rings is 1. The predicted octanol–water partition coefficient (Wildman–Crippen LogP) is 2.41. The summed E-state index contributed by atoms with van der Waals surface area (Å²) in [5.41, 5.74) is 0.308. The largest absolute Gasteiger partial charge is 0.480 e. The van der Waals surface area contributed by atoms with Gasteiger partial charge in [0.15, 0.2) is 0 Å². The monoisotopic (exact) mass is 304 g/mol. The molecule has 2 heterocycles. The number of carboxylic acids is 1. The van der Waals surface area contributed by atoms with Crippen LogP contribution in [-0.4, -0.2) is 39.0 Å². The molecular formula is C12H14Cl2N2O3. The highest BCUT2D eigenvalue weighted by atomic mass is 35.5.